The lowest BCUT2D eigenvalue weighted by molar-refractivity contribution is 1.12. The average molecular weight is 283 g/mol. The van der Waals surface area contributed by atoms with Gasteiger partial charge in [0.1, 0.15) is 5.82 Å². The quantitative estimate of drug-likeness (QED) is 0.905. The van der Waals surface area contributed by atoms with E-state index in [1.165, 1.54) is 0 Å². The Labute approximate surface area is 115 Å². The number of benzene rings is 1. The van der Waals surface area contributed by atoms with Crippen LogP contribution in [0, 0.1) is 0 Å². The molecule has 0 atom stereocenters. The number of nitrogens with zero attached hydrogens (tertiary/aromatic N) is 2. The molecule has 6 heteroatoms. The van der Waals surface area contributed by atoms with E-state index in [1.54, 1.807) is 12.1 Å². The van der Waals surface area contributed by atoms with Gasteiger partial charge in [-0.05, 0) is 13.0 Å². The number of hydrogen-bond acceptors (Lipinski definition) is 4. The molecule has 0 radical (unpaired) electrons. The summed E-state index contributed by atoms with van der Waals surface area (Å²) in [6.45, 7) is 2.73. The Balaban J connectivity index is 2.53. The monoisotopic (exact) mass is 282 g/mol. The van der Waals surface area contributed by atoms with Crippen LogP contribution in [0.3, 0.4) is 0 Å². The maximum Gasteiger partial charge on any atom is 0.222 e. The maximum absolute atomic E-state index is 6.16. The van der Waals surface area contributed by atoms with E-state index in [9.17, 15) is 0 Å². The smallest absolute Gasteiger partial charge is 0.222 e. The van der Waals surface area contributed by atoms with Crippen molar-refractivity contribution in [3.8, 4) is 11.3 Å². The zero-order chi connectivity index (χ0) is 13.1. The second-order valence-electron chi connectivity index (χ2n) is 3.63. The molecule has 18 heavy (non-hydrogen) atoms. The molecule has 1 aromatic heterocycles. The molecule has 1 heterocycles. The van der Waals surface area contributed by atoms with Crippen molar-refractivity contribution in [2.75, 3.05) is 17.6 Å². The van der Waals surface area contributed by atoms with E-state index >= 15 is 0 Å². The molecule has 2 rings (SSSR count). The lowest BCUT2D eigenvalue weighted by Gasteiger charge is -2.08. The van der Waals surface area contributed by atoms with Gasteiger partial charge in [0, 0.05) is 18.2 Å². The molecule has 0 unspecified atom stereocenters. The second kappa shape index (κ2) is 5.42. The second-order valence-corrected chi connectivity index (χ2v) is 4.41. The molecule has 2 aromatic rings. The van der Waals surface area contributed by atoms with E-state index in [-0.39, 0.29) is 5.95 Å². The molecular weight excluding hydrogens is 271 g/mol. The summed E-state index contributed by atoms with van der Waals surface area (Å²) in [5.41, 5.74) is 7.05. The van der Waals surface area contributed by atoms with Crippen LogP contribution in [0.25, 0.3) is 11.3 Å². The van der Waals surface area contributed by atoms with Crippen LogP contribution in [0.5, 0.6) is 0 Å². The summed E-state index contributed by atoms with van der Waals surface area (Å²) in [4.78, 5) is 8.25. The zero-order valence-corrected chi connectivity index (χ0v) is 11.3. The molecule has 1 aromatic carbocycles. The maximum atomic E-state index is 6.16. The lowest BCUT2D eigenvalue weighted by Crippen LogP contribution is -2.04. The fraction of sp³-hybridized carbons (Fsp3) is 0.167. The molecule has 3 N–H and O–H groups in total. The van der Waals surface area contributed by atoms with E-state index in [4.69, 9.17) is 28.9 Å². The topological polar surface area (TPSA) is 63.8 Å². The van der Waals surface area contributed by atoms with Crippen LogP contribution in [-0.2, 0) is 0 Å². The van der Waals surface area contributed by atoms with Crippen molar-refractivity contribution < 1.29 is 0 Å². The van der Waals surface area contributed by atoms with Gasteiger partial charge in [-0.1, -0.05) is 35.3 Å². The molecule has 4 nitrogen and oxygen atoms in total. The molecule has 0 aliphatic rings. The number of nitrogen functional groups attached to an aromatic ring is 1. The number of aromatic nitrogens is 2. The van der Waals surface area contributed by atoms with Gasteiger partial charge in [-0.2, -0.15) is 4.98 Å². The van der Waals surface area contributed by atoms with Crippen LogP contribution >= 0.6 is 23.2 Å². The van der Waals surface area contributed by atoms with Crippen molar-refractivity contribution in [1.82, 2.24) is 9.97 Å². The summed E-state index contributed by atoms with van der Waals surface area (Å²) in [5.74, 6) is 0.857. The highest BCUT2D eigenvalue weighted by Crippen LogP contribution is 2.33. The van der Waals surface area contributed by atoms with Crippen LogP contribution in [-0.4, -0.2) is 16.5 Å². The minimum absolute atomic E-state index is 0.194. The lowest BCUT2D eigenvalue weighted by atomic mass is 10.1. The standard InChI is InChI=1S/C12H12Cl2N4/c1-2-16-10-6-9(17-12(15)18-10)7-4-3-5-8(13)11(7)14/h3-6H,2H2,1H3,(H3,15,16,17,18). The zero-order valence-electron chi connectivity index (χ0n) is 9.74. The SMILES string of the molecule is CCNc1cc(-c2cccc(Cl)c2Cl)nc(N)n1. The number of anilines is 2. The minimum Gasteiger partial charge on any atom is -0.370 e. The van der Waals surface area contributed by atoms with E-state index in [0.717, 1.165) is 12.1 Å². The first-order valence-corrected chi connectivity index (χ1v) is 6.20. The van der Waals surface area contributed by atoms with E-state index in [1.807, 2.05) is 19.1 Å². The summed E-state index contributed by atoms with van der Waals surface area (Å²) >= 11 is 12.1. The first-order valence-electron chi connectivity index (χ1n) is 5.44. The fourth-order valence-electron chi connectivity index (χ4n) is 1.58. The molecule has 0 saturated heterocycles. The van der Waals surface area contributed by atoms with Crippen LogP contribution in [0.15, 0.2) is 24.3 Å². The van der Waals surface area contributed by atoms with Crippen molar-refractivity contribution >= 4 is 35.0 Å². The molecule has 0 bridgehead atoms. The highest BCUT2D eigenvalue weighted by atomic mass is 35.5. The van der Waals surface area contributed by atoms with Gasteiger partial charge in [0.15, 0.2) is 0 Å². The van der Waals surface area contributed by atoms with Gasteiger partial charge in [-0.3, -0.25) is 0 Å². The van der Waals surface area contributed by atoms with Gasteiger partial charge in [0.2, 0.25) is 5.95 Å². The summed E-state index contributed by atoms with van der Waals surface area (Å²) < 4.78 is 0. The fourth-order valence-corrected chi connectivity index (χ4v) is 1.97. The van der Waals surface area contributed by atoms with Gasteiger partial charge < -0.3 is 11.1 Å². The molecule has 94 valence electrons. The predicted molar refractivity (Wildman–Crippen MR) is 76.1 cm³/mol. The molecule has 0 amide bonds. The van der Waals surface area contributed by atoms with Gasteiger partial charge >= 0.3 is 0 Å². The van der Waals surface area contributed by atoms with E-state index in [2.05, 4.69) is 15.3 Å². The summed E-state index contributed by atoms with van der Waals surface area (Å²) in [6, 6.07) is 7.17. The van der Waals surface area contributed by atoms with Gasteiger partial charge in [-0.15, -0.1) is 0 Å². The van der Waals surface area contributed by atoms with E-state index in [0.29, 0.717) is 21.6 Å². The predicted octanol–water partition coefficient (Wildman–Crippen LogP) is 3.46. The molecular formula is C12H12Cl2N4. The third-order valence-corrected chi connectivity index (χ3v) is 3.15. The van der Waals surface area contributed by atoms with Crippen LogP contribution < -0.4 is 11.1 Å². The summed E-state index contributed by atoms with van der Waals surface area (Å²) in [6.07, 6.45) is 0. The van der Waals surface area contributed by atoms with Crippen molar-refractivity contribution in [1.29, 1.82) is 0 Å². The summed E-state index contributed by atoms with van der Waals surface area (Å²) in [7, 11) is 0. The van der Waals surface area contributed by atoms with Crippen molar-refractivity contribution in [3.63, 3.8) is 0 Å². The number of halogens is 2. The Morgan fingerprint density at radius 1 is 1.28 bits per heavy atom. The number of nitrogens with two attached hydrogens (primary N) is 1. The average Bonchev–Trinajstić information content (AvgIpc) is 2.32. The van der Waals surface area contributed by atoms with Crippen molar-refractivity contribution in [2.24, 2.45) is 0 Å². The third-order valence-electron chi connectivity index (χ3n) is 2.33. The van der Waals surface area contributed by atoms with Gasteiger partial charge in [-0.25, -0.2) is 4.98 Å². The van der Waals surface area contributed by atoms with Gasteiger partial charge in [0.25, 0.3) is 0 Å². The third kappa shape index (κ3) is 2.66. The molecule has 0 spiro atoms. The normalized spacial score (nSPS) is 10.4. The Morgan fingerprint density at radius 3 is 2.78 bits per heavy atom. The first kappa shape index (κ1) is 12.9. The van der Waals surface area contributed by atoms with Crippen LogP contribution in [0.1, 0.15) is 6.92 Å². The Morgan fingerprint density at radius 2 is 2.06 bits per heavy atom. The highest BCUT2D eigenvalue weighted by molar-refractivity contribution is 6.43. The molecule has 0 aliphatic heterocycles. The molecule has 0 saturated carbocycles. The minimum atomic E-state index is 0.194. The molecule has 0 fully saturated rings. The Hall–Kier alpha value is -1.52. The van der Waals surface area contributed by atoms with Crippen molar-refractivity contribution in [3.05, 3.63) is 34.3 Å². The largest absolute Gasteiger partial charge is 0.370 e. The molecule has 0 aliphatic carbocycles. The Bertz CT molecular complexity index is 572. The summed E-state index contributed by atoms with van der Waals surface area (Å²) in [5, 5.41) is 4.03. The van der Waals surface area contributed by atoms with Crippen molar-refractivity contribution in [2.45, 2.75) is 6.92 Å². The van der Waals surface area contributed by atoms with Gasteiger partial charge in [0.05, 0.1) is 15.7 Å². The number of rotatable bonds is 3. The van der Waals surface area contributed by atoms with E-state index < -0.39 is 0 Å². The van der Waals surface area contributed by atoms with Crippen LogP contribution in [0.4, 0.5) is 11.8 Å². The first-order chi connectivity index (χ1) is 8.61. The highest BCUT2D eigenvalue weighted by Gasteiger charge is 2.10. The number of hydrogen-bond donors (Lipinski definition) is 2. The Kier molecular flexibility index (Phi) is 3.89. The van der Waals surface area contributed by atoms with Crippen LogP contribution in [0.2, 0.25) is 10.0 Å². The number of nitrogens with one attached hydrogen (secondary N) is 1.